The van der Waals surface area contributed by atoms with E-state index in [-0.39, 0.29) is 41.0 Å². The van der Waals surface area contributed by atoms with Gasteiger partial charge in [0.2, 0.25) is 21.7 Å². The molecule has 0 aromatic heterocycles. The van der Waals surface area contributed by atoms with Gasteiger partial charge in [-0.2, -0.15) is 0 Å². The summed E-state index contributed by atoms with van der Waals surface area (Å²) in [4.78, 5) is 63.8. The Hall–Kier alpha value is -3.94. The molecule has 0 saturated heterocycles. The topological polar surface area (TPSA) is 194 Å². The van der Waals surface area contributed by atoms with Crippen LogP contribution in [-0.4, -0.2) is 73.2 Å². The third-order valence-corrected chi connectivity index (χ3v) is 12.5. The van der Waals surface area contributed by atoms with Crippen molar-refractivity contribution in [3.8, 4) is 0 Å². The van der Waals surface area contributed by atoms with Crippen LogP contribution < -0.4 is 16.0 Å². The predicted octanol–water partition coefficient (Wildman–Crippen LogP) is 7.76. The summed E-state index contributed by atoms with van der Waals surface area (Å²) >= 11 is 0. The van der Waals surface area contributed by atoms with Gasteiger partial charge in [-0.1, -0.05) is 102 Å². The quantitative estimate of drug-likeness (QED) is 0.0504. The fourth-order valence-corrected chi connectivity index (χ4v) is 8.59. The number of sulfone groups is 1. The highest BCUT2D eigenvalue weighted by Crippen LogP contribution is 2.47. The monoisotopic (exact) mass is 817 g/mol. The molecule has 3 atom stereocenters. The van der Waals surface area contributed by atoms with Gasteiger partial charge in [0.1, 0.15) is 23.3 Å². The van der Waals surface area contributed by atoms with Crippen molar-refractivity contribution in [1.29, 1.82) is 0 Å². The van der Waals surface area contributed by atoms with Gasteiger partial charge in [0.05, 0.1) is 9.80 Å². The van der Waals surface area contributed by atoms with Gasteiger partial charge in [-0.3, -0.25) is 9.59 Å². The van der Waals surface area contributed by atoms with Crippen LogP contribution in [-0.2, 0) is 38.5 Å². The number of ether oxygens (including phenoxy) is 2. The predicted molar refractivity (Wildman–Crippen MR) is 219 cm³/mol. The van der Waals surface area contributed by atoms with E-state index in [0.29, 0.717) is 31.2 Å². The zero-order valence-electron chi connectivity index (χ0n) is 34.8. The Morgan fingerprint density at radius 2 is 1.42 bits per heavy atom. The van der Waals surface area contributed by atoms with E-state index in [1.54, 1.807) is 39.0 Å². The number of rotatable bonds is 27. The second-order valence-electron chi connectivity index (χ2n) is 16.9. The third kappa shape index (κ3) is 15.4. The van der Waals surface area contributed by atoms with E-state index in [0.717, 1.165) is 25.7 Å². The van der Waals surface area contributed by atoms with Gasteiger partial charge in [-0.25, -0.2) is 22.8 Å². The summed E-state index contributed by atoms with van der Waals surface area (Å²) in [6.07, 6.45) is 17.3. The van der Waals surface area contributed by atoms with Crippen LogP contribution in [0.2, 0.25) is 0 Å². The number of carboxylic acids is 1. The van der Waals surface area contributed by atoms with Crippen molar-refractivity contribution in [2.45, 2.75) is 178 Å². The molecule has 13 nitrogen and oxygen atoms in total. The molecule has 2 aliphatic rings. The molecule has 1 fully saturated rings. The Labute approximate surface area is 339 Å². The molecule has 320 valence electrons. The van der Waals surface area contributed by atoms with Crippen molar-refractivity contribution >= 4 is 45.8 Å². The number of amides is 3. The first-order valence-electron chi connectivity index (χ1n) is 21.0. The molecule has 1 aromatic carbocycles. The van der Waals surface area contributed by atoms with Crippen molar-refractivity contribution in [3.05, 3.63) is 34.7 Å². The van der Waals surface area contributed by atoms with Crippen molar-refractivity contribution in [1.82, 2.24) is 16.0 Å². The molecule has 4 N–H and O–H groups in total. The van der Waals surface area contributed by atoms with Crippen LogP contribution in [0.25, 0.3) is 6.08 Å². The molecule has 1 aromatic rings. The molecule has 1 saturated carbocycles. The molecule has 57 heavy (non-hydrogen) atoms. The van der Waals surface area contributed by atoms with E-state index in [1.807, 2.05) is 0 Å². The minimum absolute atomic E-state index is 0.00933. The minimum Gasteiger partial charge on any atom is -0.480 e. The van der Waals surface area contributed by atoms with Crippen molar-refractivity contribution in [2.24, 2.45) is 5.92 Å². The first-order valence-corrected chi connectivity index (χ1v) is 22.5. The second-order valence-corrected chi connectivity index (χ2v) is 18.9. The largest absolute Gasteiger partial charge is 0.480 e. The number of carboxylic acid groups (broad SMARTS) is 1. The van der Waals surface area contributed by atoms with Crippen LogP contribution in [0.5, 0.6) is 0 Å². The summed E-state index contributed by atoms with van der Waals surface area (Å²) in [6, 6.07) is 6.38. The number of carbonyl (C=O) groups is 5. The van der Waals surface area contributed by atoms with Gasteiger partial charge in [0.15, 0.2) is 0 Å². The number of alkyl carbamates (subject to hydrolysis) is 1. The van der Waals surface area contributed by atoms with E-state index in [1.165, 1.54) is 76.9 Å². The molecular weight excluding hydrogens is 751 g/mol. The summed E-state index contributed by atoms with van der Waals surface area (Å²) in [5.74, 6) is -2.80. The Morgan fingerprint density at radius 1 is 0.825 bits per heavy atom. The van der Waals surface area contributed by atoms with Crippen LogP contribution in [0.1, 0.15) is 162 Å². The van der Waals surface area contributed by atoms with E-state index in [9.17, 15) is 37.5 Å². The summed E-state index contributed by atoms with van der Waals surface area (Å²) in [5, 5.41) is 17.9. The Kier molecular flexibility index (Phi) is 18.5. The lowest BCUT2D eigenvalue weighted by molar-refractivity contribution is -0.160. The standard InChI is InChI=1S/C43H67N3O10S/c1-6-7-8-9-10-11-12-13-14-15-16-17-18-25-36(47)45-43(39(51)56-41(2,3)4)30-33(43)29-37(48)44-27-22-21-26-42(5,38(49)50)46-40(52)55-31-34-28-32-23-19-20-24-35(32)57(34,53)54/h19-20,23-24,28,33H,6-18,21-22,25-27,29-31H2,1-5H3,(H,44,48)(H,45,47)(H,46,52)(H,49,50)/t33-,42?,43?/m0/s1. The number of hydrogen-bond donors (Lipinski definition) is 4. The number of hydrogen-bond acceptors (Lipinski definition) is 9. The maximum atomic E-state index is 13.3. The van der Waals surface area contributed by atoms with E-state index < -0.39 is 57.1 Å². The number of aliphatic carboxylic acids is 1. The van der Waals surface area contributed by atoms with E-state index in [2.05, 4.69) is 22.9 Å². The van der Waals surface area contributed by atoms with Gasteiger partial charge in [-0.05, 0) is 77.5 Å². The highest BCUT2D eigenvalue weighted by atomic mass is 32.2. The SMILES string of the molecule is CCCCCCCCCCCCCCCC(=O)NC1(C(=O)OC(C)(C)C)C[C@@H]1CC(=O)NCCCCC(C)(NC(=O)OCC1=Cc2ccccc2S1(=O)=O)C(=O)O. The molecule has 1 heterocycles. The highest BCUT2D eigenvalue weighted by Gasteiger charge is 2.63. The second kappa shape index (κ2) is 22.3. The fourth-order valence-electron chi connectivity index (χ4n) is 7.12. The number of fused-ring (bicyclic) bond motifs is 1. The zero-order chi connectivity index (χ0) is 42.1. The lowest BCUT2D eigenvalue weighted by Crippen LogP contribution is -2.52. The molecule has 1 aliphatic heterocycles. The summed E-state index contributed by atoms with van der Waals surface area (Å²) < 4.78 is 36.2. The van der Waals surface area contributed by atoms with E-state index >= 15 is 0 Å². The van der Waals surface area contributed by atoms with Gasteiger partial charge in [0.25, 0.3) is 0 Å². The molecule has 2 unspecified atom stereocenters. The van der Waals surface area contributed by atoms with Gasteiger partial charge >= 0.3 is 18.0 Å². The lowest BCUT2D eigenvalue weighted by Gasteiger charge is -2.26. The van der Waals surface area contributed by atoms with Crippen LogP contribution in [0.15, 0.2) is 34.1 Å². The van der Waals surface area contributed by atoms with Crippen molar-refractivity contribution in [2.75, 3.05) is 13.2 Å². The number of unbranched alkanes of at least 4 members (excludes halogenated alkanes) is 13. The summed E-state index contributed by atoms with van der Waals surface area (Å²) in [5.41, 5.74) is -3.24. The number of benzene rings is 1. The molecule has 14 heteroatoms. The van der Waals surface area contributed by atoms with Crippen molar-refractivity contribution < 1.29 is 47.0 Å². The number of nitrogens with one attached hydrogen (secondary N) is 3. The fraction of sp³-hybridized carbons (Fsp3) is 0.698. The highest BCUT2D eigenvalue weighted by molar-refractivity contribution is 7.95. The third-order valence-electron chi connectivity index (χ3n) is 10.7. The van der Waals surface area contributed by atoms with Crippen LogP contribution in [0, 0.1) is 5.92 Å². The van der Waals surface area contributed by atoms with Crippen LogP contribution >= 0.6 is 0 Å². The molecule has 0 spiro atoms. The normalized spacial score (nSPS) is 19.0. The Morgan fingerprint density at radius 3 is 2.00 bits per heavy atom. The van der Waals surface area contributed by atoms with Gasteiger partial charge in [-0.15, -0.1) is 0 Å². The zero-order valence-corrected chi connectivity index (χ0v) is 35.7. The first kappa shape index (κ1) is 47.4. The Balaban J connectivity index is 1.36. The molecular formula is C43H67N3O10S. The van der Waals surface area contributed by atoms with E-state index in [4.69, 9.17) is 9.47 Å². The maximum Gasteiger partial charge on any atom is 0.408 e. The molecule has 0 radical (unpaired) electrons. The molecule has 3 amide bonds. The van der Waals surface area contributed by atoms with Crippen LogP contribution in [0.3, 0.4) is 0 Å². The Bertz CT molecular complexity index is 1670. The van der Waals surface area contributed by atoms with Crippen molar-refractivity contribution in [3.63, 3.8) is 0 Å². The number of esters is 1. The van der Waals surface area contributed by atoms with Gasteiger partial charge < -0.3 is 30.5 Å². The lowest BCUT2D eigenvalue weighted by atomic mass is 9.95. The first-order chi connectivity index (χ1) is 26.9. The average Bonchev–Trinajstić information content (AvgIpc) is 3.75. The summed E-state index contributed by atoms with van der Waals surface area (Å²) in [7, 11) is -3.80. The number of carbonyl (C=O) groups excluding carboxylic acids is 4. The molecule has 3 rings (SSSR count). The van der Waals surface area contributed by atoms with Crippen LogP contribution in [0.4, 0.5) is 4.79 Å². The summed E-state index contributed by atoms with van der Waals surface area (Å²) in [6.45, 7) is 8.50. The van der Waals surface area contributed by atoms with Gasteiger partial charge in [0, 0.05) is 25.3 Å². The smallest absolute Gasteiger partial charge is 0.408 e. The molecule has 0 bridgehead atoms. The maximum absolute atomic E-state index is 13.3. The molecule has 1 aliphatic carbocycles. The minimum atomic E-state index is -3.80. The average molecular weight is 818 g/mol.